The number of hydrogen-bond acceptors (Lipinski definition) is 5. The molecule has 1 aliphatic heterocycles. The molecular weight excluding hydrogens is 330 g/mol. The van der Waals surface area contributed by atoms with Crippen LogP contribution in [-0.2, 0) is 16.1 Å². The molecule has 1 heterocycles. The standard InChI is InChI=1S/C21H25NO4/c1-15-5-7-16(8-6-15)17-12-18-14-22(9-3-4-20(24)25-2)10-11-26-21(18)19(23)13-17/h5-8,12-13,23H,3-4,9-11,14H2,1-2H3. The zero-order valence-corrected chi connectivity index (χ0v) is 15.3. The molecule has 0 unspecified atom stereocenters. The normalized spacial score (nSPS) is 14.2. The van der Waals surface area contributed by atoms with Crippen LogP contribution in [0.4, 0.5) is 0 Å². The number of nitrogens with zero attached hydrogens (tertiary/aromatic N) is 1. The largest absolute Gasteiger partial charge is 0.504 e. The fourth-order valence-corrected chi connectivity index (χ4v) is 3.21. The highest BCUT2D eigenvalue weighted by atomic mass is 16.5. The van der Waals surface area contributed by atoms with Crippen LogP contribution in [0.5, 0.6) is 11.5 Å². The van der Waals surface area contributed by atoms with Crippen LogP contribution in [0.15, 0.2) is 36.4 Å². The van der Waals surface area contributed by atoms with E-state index in [4.69, 9.17) is 9.47 Å². The number of phenolic OH excluding ortho intramolecular Hbond substituents is 1. The molecule has 1 aliphatic rings. The van der Waals surface area contributed by atoms with E-state index in [9.17, 15) is 9.90 Å². The van der Waals surface area contributed by atoms with E-state index in [0.29, 0.717) is 25.3 Å². The van der Waals surface area contributed by atoms with Crippen LogP contribution >= 0.6 is 0 Å². The first-order valence-electron chi connectivity index (χ1n) is 8.91. The number of phenols is 1. The number of carbonyl (C=O) groups excluding carboxylic acids is 1. The Morgan fingerprint density at radius 1 is 1.23 bits per heavy atom. The molecule has 138 valence electrons. The molecule has 5 heteroatoms. The van der Waals surface area contributed by atoms with Crippen molar-refractivity contribution in [2.75, 3.05) is 26.8 Å². The lowest BCUT2D eigenvalue weighted by atomic mass is 10.0. The zero-order chi connectivity index (χ0) is 18.5. The molecule has 0 saturated heterocycles. The van der Waals surface area contributed by atoms with Crippen LogP contribution in [0.25, 0.3) is 11.1 Å². The number of methoxy groups -OCH3 is 1. The van der Waals surface area contributed by atoms with Gasteiger partial charge in [-0.3, -0.25) is 9.69 Å². The maximum Gasteiger partial charge on any atom is 0.305 e. The Bertz CT molecular complexity index is 770. The molecule has 0 aromatic heterocycles. The summed E-state index contributed by atoms with van der Waals surface area (Å²) in [5, 5.41) is 10.4. The molecule has 0 amide bonds. The van der Waals surface area contributed by atoms with Crippen molar-refractivity contribution in [3.05, 3.63) is 47.5 Å². The molecule has 5 nitrogen and oxygen atoms in total. The highest BCUT2D eigenvalue weighted by Gasteiger charge is 2.20. The van der Waals surface area contributed by atoms with Crippen LogP contribution in [0.3, 0.4) is 0 Å². The summed E-state index contributed by atoms with van der Waals surface area (Å²) in [4.78, 5) is 13.5. The number of rotatable bonds is 5. The van der Waals surface area contributed by atoms with Crippen LogP contribution in [-0.4, -0.2) is 42.8 Å². The molecule has 0 saturated carbocycles. The van der Waals surface area contributed by atoms with Gasteiger partial charge in [0.05, 0.1) is 7.11 Å². The van der Waals surface area contributed by atoms with Crippen molar-refractivity contribution in [3.63, 3.8) is 0 Å². The van der Waals surface area contributed by atoms with E-state index in [-0.39, 0.29) is 11.7 Å². The molecule has 2 aromatic carbocycles. The Morgan fingerprint density at radius 3 is 2.73 bits per heavy atom. The second-order valence-electron chi connectivity index (χ2n) is 6.65. The van der Waals surface area contributed by atoms with Gasteiger partial charge < -0.3 is 14.6 Å². The Morgan fingerprint density at radius 2 is 2.00 bits per heavy atom. The van der Waals surface area contributed by atoms with Crippen molar-refractivity contribution >= 4 is 5.97 Å². The van der Waals surface area contributed by atoms with Gasteiger partial charge in [-0.25, -0.2) is 0 Å². The minimum Gasteiger partial charge on any atom is -0.504 e. The number of aryl methyl sites for hydroxylation is 1. The molecule has 0 bridgehead atoms. The first-order valence-corrected chi connectivity index (χ1v) is 8.91. The number of benzene rings is 2. The van der Waals surface area contributed by atoms with Gasteiger partial charge >= 0.3 is 5.97 Å². The van der Waals surface area contributed by atoms with E-state index in [1.54, 1.807) is 6.07 Å². The second kappa shape index (κ2) is 8.23. The lowest BCUT2D eigenvalue weighted by Gasteiger charge is -2.19. The Hall–Kier alpha value is -2.53. The van der Waals surface area contributed by atoms with E-state index in [1.807, 2.05) is 0 Å². The number of aromatic hydroxyl groups is 1. The first-order chi connectivity index (χ1) is 12.6. The predicted octanol–water partition coefficient (Wildman–Crippen LogP) is 3.52. The van der Waals surface area contributed by atoms with Crippen LogP contribution in [0.1, 0.15) is 24.0 Å². The van der Waals surface area contributed by atoms with Crippen molar-refractivity contribution in [2.24, 2.45) is 0 Å². The summed E-state index contributed by atoms with van der Waals surface area (Å²) in [6.07, 6.45) is 1.15. The van der Waals surface area contributed by atoms with Gasteiger partial charge in [-0.2, -0.15) is 0 Å². The molecule has 26 heavy (non-hydrogen) atoms. The number of esters is 1. The van der Waals surface area contributed by atoms with Gasteiger partial charge in [0, 0.05) is 25.1 Å². The third-order valence-corrected chi connectivity index (χ3v) is 4.66. The van der Waals surface area contributed by atoms with E-state index in [1.165, 1.54) is 12.7 Å². The van der Waals surface area contributed by atoms with Crippen LogP contribution in [0.2, 0.25) is 0 Å². The van der Waals surface area contributed by atoms with Gasteiger partial charge in [-0.1, -0.05) is 29.8 Å². The van der Waals surface area contributed by atoms with Crippen LogP contribution in [0, 0.1) is 6.92 Å². The van der Waals surface area contributed by atoms with E-state index >= 15 is 0 Å². The number of carbonyl (C=O) groups is 1. The van der Waals surface area contributed by atoms with Gasteiger partial charge in [-0.15, -0.1) is 0 Å². The van der Waals surface area contributed by atoms with Crippen LogP contribution < -0.4 is 4.74 Å². The van der Waals surface area contributed by atoms with Crippen molar-refractivity contribution in [3.8, 4) is 22.6 Å². The van der Waals surface area contributed by atoms with Crippen molar-refractivity contribution in [2.45, 2.75) is 26.3 Å². The summed E-state index contributed by atoms with van der Waals surface area (Å²) in [5.41, 5.74) is 4.21. The average molecular weight is 355 g/mol. The zero-order valence-electron chi connectivity index (χ0n) is 15.3. The second-order valence-corrected chi connectivity index (χ2v) is 6.65. The Labute approximate surface area is 154 Å². The van der Waals surface area contributed by atoms with Gasteiger partial charge in [0.25, 0.3) is 0 Å². The lowest BCUT2D eigenvalue weighted by Crippen LogP contribution is -2.27. The molecule has 0 fully saturated rings. The quantitative estimate of drug-likeness (QED) is 0.832. The number of hydrogen-bond donors (Lipinski definition) is 1. The van der Waals surface area contributed by atoms with E-state index < -0.39 is 0 Å². The van der Waals surface area contributed by atoms with Gasteiger partial charge in [0.1, 0.15) is 6.61 Å². The van der Waals surface area contributed by atoms with Crippen molar-refractivity contribution < 1.29 is 19.4 Å². The van der Waals surface area contributed by atoms with E-state index in [0.717, 1.165) is 36.2 Å². The van der Waals surface area contributed by atoms with Crippen molar-refractivity contribution in [1.29, 1.82) is 0 Å². The minimum absolute atomic E-state index is 0.175. The highest BCUT2D eigenvalue weighted by molar-refractivity contribution is 5.69. The fraction of sp³-hybridized carbons (Fsp3) is 0.381. The summed E-state index contributed by atoms with van der Waals surface area (Å²) in [5.74, 6) is 0.557. The summed E-state index contributed by atoms with van der Waals surface area (Å²) >= 11 is 0. The minimum atomic E-state index is -0.184. The monoisotopic (exact) mass is 355 g/mol. The smallest absolute Gasteiger partial charge is 0.305 e. The SMILES string of the molecule is COC(=O)CCCN1CCOc2c(O)cc(-c3ccc(C)cc3)cc2C1. The molecule has 0 aliphatic carbocycles. The average Bonchev–Trinajstić information content (AvgIpc) is 2.84. The van der Waals surface area contributed by atoms with Gasteiger partial charge in [0.15, 0.2) is 11.5 Å². The maximum atomic E-state index is 11.3. The Balaban J connectivity index is 1.78. The van der Waals surface area contributed by atoms with Gasteiger partial charge in [-0.05, 0) is 43.1 Å². The Kier molecular flexibility index (Phi) is 5.78. The summed E-state index contributed by atoms with van der Waals surface area (Å²) in [6, 6.07) is 12.1. The third kappa shape index (κ3) is 4.35. The number of ether oxygens (including phenoxy) is 2. The molecule has 0 radical (unpaired) electrons. The molecule has 0 spiro atoms. The lowest BCUT2D eigenvalue weighted by molar-refractivity contribution is -0.140. The molecular formula is C21H25NO4. The third-order valence-electron chi connectivity index (χ3n) is 4.66. The summed E-state index contributed by atoms with van der Waals surface area (Å²) in [6.45, 7) is 4.80. The summed E-state index contributed by atoms with van der Waals surface area (Å²) < 4.78 is 10.5. The first kappa shape index (κ1) is 18.3. The van der Waals surface area contributed by atoms with Gasteiger partial charge in [0.2, 0.25) is 0 Å². The summed E-state index contributed by atoms with van der Waals surface area (Å²) in [7, 11) is 1.41. The topological polar surface area (TPSA) is 59.0 Å². The van der Waals surface area contributed by atoms with E-state index in [2.05, 4.69) is 42.2 Å². The molecule has 0 atom stereocenters. The number of fused-ring (bicyclic) bond motifs is 1. The molecule has 2 aromatic rings. The molecule has 1 N–H and O–H groups in total. The highest BCUT2D eigenvalue weighted by Crippen LogP contribution is 2.37. The fourth-order valence-electron chi connectivity index (χ4n) is 3.21. The van der Waals surface area contributed by atoms with Crippen molar-refractivity contribution in [1.82, 2.24) is 4.90 Å². The maximum absolute atomic E-state index is 11.3. The predicted molar refractivity (Wildman–Crippen MR) is 100 cm³/mol. The molecule has 3 rings (SSSR count).